The number of rotatable bonds is 7. The molecule has 246 valence electrons. The minimum atomic E-state index is -4.48. The Bertz CT molecular complexity index is 1250. The van der Waals surface area contributed by atoms with Crippen molar-refractivity contribution in [2.45, 2.75) is 83.7 Å². The molecule has 1 aliphatic heterocycles. The summed E-state index contributed by atoms with van der Waals surface area (Å²) in [4.78, 5) is 22.8. The van der Waals surface area contributed by atoms with Gasteiger partial charge in [-0.1, -0.05) is 30.3 Å². The first-order valence-electron chi connectivity index (χ1n) is 13.9. The number of likely N-dealkylation sites (tertiary alicyclic amines) is 1. The van der Waals surface area contributed by atoms with E-state index < -0.39 is 34.5 Å². The Labute approximate surface area is 258 Å². The van der Waals surface area contributed by atoms with E-state index >= 15 is 0 Å². The number of hydrogen-bond acceptors (Lipinski definition) is 4. The third kappa shape index (κ3) is 11.8. The van der Waals surface area contributed by atoms with Crippen LogP contribution in [0.2, 0.25) is 0 Å². The van der Waals surface area contributed by atoms with Gasteiger partial charge in [0.15, 0.2) is 0 Å². The SMILES string of the molecule is C/C=C(\C)C(F)(F)F.C=O.Cc1cccc(C)c1NC(=O)CN1CCC(N(C(C)C)S(=O)c2cccc(C(F)(F)F)c2)CC1. The molecule has 0 radical (unpaired) electrons. The molecule has 6 nitrogen and oxygen atoms in total. The quantitative estimate of drug-likeness (QED) is 0.249. The zero-order valence-electron chi connectivity index (χ0n) is 25.8. The molecular weight excluding hydrogens is 608 g/mol. The van der Waals surface area contributed by atoms with E-state index in [1.165, 1.54) is 19.1 Å². The Morgan fingerprint density at radius 1 is 1.05 bits per heavy atom. The van der Waals surface area contributed by atoms with Crippen molar-refractivity contribution in [3.8, 4) is 0 Å². The summed E-state index contributed by atoms with van der Waals surface area (Å²) < 4.78 is 88.6. The zero-order valence-corrected chi connectivity index (χ0v) is 26.6. The van der Waals surface area contributed by atoms with Crippen LogP contribution in [0, 0.1) is 13.8 Å². The molecule has 0 bridgehead atoms. The Balaban J connectivity index is 0.000000840. The lowest BCUT2D eigenvalue weighted by atomic mass is 10.0. The second-order valence-electron chi connectivity index (χ2n) is 10.5. The maximum absolute atomic E-state index is 13.3. The van der Waals surface area contributed by atoms with Crippen molar-refractivity contribution in [3.05, 3.63) is 70.8 Å². The van der Waals surface area contributed by atoms with Crippen molar-refractivity contribution in [2.75, 3.05) is 25.0 Å². The van der Waals surface area contributed by atoms with Crippen LogP contribution >= 0.6 is 0 Å². The Morgan fingerprint density at radius 3 is 2.00 bits per heavy atom. The lowest BCUT2D eigenvalue weighted by Gasteiger charge is -2.39. The number of nitrogens with zero attached hydrogens (tertiary/aromatic N) is 2. The number of nitrogens with one attached hydrogen (secondary N) is 1. The molecule has 1 N–H and O–H groups in total. The van der Waals surface area contributed by atoms with Crippen LogP contribution in [0.4, 0.5) is 32.0 Å². The van der Waals surface area contributed by atoms with Crippen molar-refractivity contribution < 1.29 is 40.1 Å². The first-order valence-corrected chi connectivity index (χ1v) is 15.0. The normalized spacial score (nSPS) is 15.6. The van der Waals surface area contributed by atoms with E-state index in [1.54, 1.807) is 4.31 Å². The maximum Gasteiger partial charge on any atom is 0.416 e. The predicted molar refractivity (Wildman–Crippen MR) is 161 cm³/mol. The number of hydrogen-bond donors (Lipinski definition) is 1. The van der Waals surface area contributed by atoms with E-state index in [0.29, 0.717) is 25.9 Å². The standard InChI is InChI=1S/C25H32F3N3O2S.C5H7F3.CH2O/c1-17(2)31(34(33)22-10-6-9-20(15-22)25(26,27)28)21-11-13-30(14-12-21)16-23(32)29-24-18(3)7-5-8-19(24)4;1-3-4(2)5(6,7)8;1-2/h5-10,15,17,21H,11-14,16H2,1-4H3,(H,29,32);3H,1-2H3;1H2/b;4-3+;. The van der Waals surface area contributed by atoms with Gasteiger partial charge in [-0.15, -0.1) is 0 Å². The van der Waals surface area contributed by atoms with E-state index in [9.17, 15) is 35.3 Å². The summed E-state index contributed by atoms with van der Waals surface area (Å²) >= 11 is 0. The predicted octanol–water partition coefficient (Wildman–Crippen LogP) is 7.49. The van der Waals surface area contributed by atoms with Gasteiger partial charge in [-0.25, -0.2) is 8.51 Å². The number of alkyl halides is 6. The fourth-order valence-electron chi connectivity index (χ4n) is 4.54. The Hall–Kier alpha value is -3.03. The number of piperidine rings is 1. The van der Waals surface area contributed by atoms with Gasteiger partial charge in [-0.3, -0.25) is 9.69 Å². The minimum Gasteiger partial charge on any atom is -0.324 e. The van der Waals surface area contributed by atoms with Crippen molar-refractivity contribution in [3.63, 3.8) is 0 Å². The number of para-hydroxylation sites is 1. The highest BCUT2D eigenvalue weighted by atomic mass is 32.2. The second kappa shape index (κ2) is 17.5. The van der Waals surface area contributed by atoms with E-state index in [2.05, 4.69) is 10.2 Å². The number of allylic oxidation sites excluding steroid dienone is 2. The number of aryl methyl sites for hydroxylation is 2. The van der Waals surface area contributed by atoms with Gasteiger partial charge in [0.2, 0.25) is 5.91 Å². The lowest BCUT2D eigenvalue weighted by Crippen LogP contribution is -2.49. The summed E-state index contributed by atoms with van der Waals surface area (Å²) in [5.74, 6) is -0.0795. The number of carbonyl (C=O) groups excluding carboxylic acids is 2. The van der Waals surface area contributed by atoms with Crippen molar-refractivity contribution in [1.82, 2.24) is 9.21 Å². The molecule has 1 amide bonds. The molecular formula is C31H41F6N3O3S. The molecule has 1 heterocycles. The minimum absolute atomic E-state index is 0.0479. The molecule has 1 atom stereocenters. The third-order valence-corrected chi connectivity index (χ3v) is 8.73. The number of carbonyl (C=O) groups is 2. The van der Waals surface area contributed by atoms with Gasteiger partial charge in [0.25, 0.3) is 0 Å². The van der Waals surface area contributed by atoms with Crippen LogP contribution in [0.5, 0.6) is 0 Å². The summed E-state index contributed by atoms with van der Waals surface area (Å²) in [7, 11) is -1.71. The van der Waals surface area contributed by atoms with Gasteiger partial charge in [-0.05, 0) is 83.7 Å². The number of amides is 1. The molecule has 2 aromatic carbocycles. The molecule has 1 saturated heterocycles. The number of benzene rings is 2. The third-order valence-electron chi connectivity index (χ3n) is 6.97. The molecule has 3 rings (SSSR count). The topological polar surface area (TPSA) is 69.7 Å². The molecule has 1 fully saturated rings. The summed E-state index contributed by atoms with van der Waals surface area (Å²) in [6.07, 6.45) is -6.21. The number of halogens is 6. The van der Waals surface area contributed by atoms with Crippen LogP contribution in [0.3, 0.4) is 0 Å². The van der Waals surface area contributed by atoms with Gasteiger partial charge in [-0.2, -0.15) is 26.3 Å². The molecule has 1 aliphatic rings. The molecule has 0 saturated carbocycles. The zero-order chi connectivity index (χ0) is 33.8. The maximum atomic E-state index is 13.3. The first kappa shape index (κ1) is 39.0. The summed E-state index contributed by atoms with van der Waals surface area (Å²) in [5.41, 5.74) is 1.52. The van der Waals surface area contributed by atoms with Gasteiger partial charge in [0, 0.05) is 36.4 Å². The number of anilines is 1. The smallest absolute Gasteiger partial charge is 0.324 e. The van der Waals surface area contributed by atoms with E-state index in [1.807, 2.05) is 52.7 Å². The van der Waals surface area contributed by atoms with Gasteiger partial charge in [0.05, 0.1) is 17.0 Å². The average molecular weight is 650 g/mol. The summed E-state index contributed by atoms with van der Waals surface area (Å²) in [5, 5.41) is 3.00. The van der Waals surface area contributed by atoms with Crippen LogP contribution in [0.1, 0.15) is 57.2 Å². The van der Waals surface area contributed by atoms with Gasteiger partial charge < -0.3 is 10.1 Å². The molecule has 0 aromatic heterocycles. The molecule has 13 heteroatoms. The highest BCUT2D eigenvalue weighted by Crippen LogP contribution is 2.32. The van der Waals surface area contributed by atoms with Crippen LogP contribution < -0.4 is 5.32 Å². The fraction of sp³-hybridized carbons (Fsp3) is 0.484. The fourth-order valence-corrected chi connectivity index (χ4v) is 6.07. The monoisotopic (exact) mass is 649 g/mol. The van der Waals surface area contributed by atoms with E-state index in [0.717, 1.165) is 41.9 Å². The van der Waals surface area contributed by atoms with Gasteiger partial charge in [0.1, 0.15) is 17.8 Å². The highest BCUT2D eigenvalue weighted by Gasteiger charge is 2.34. The highest BCUT2D eigenvalue weighted by molar-refractivity contribution is 7.82. The Morgan fingerprint density at radius 2 is 1.57 bits per heavy atom. The molecule has 0 spiro atoms. The largest absolute Gasteiger partial charge is 0.416 e. The van der Waals surface area contributed by atoms with Crippen LogP contribution in [0.25, 0.3) is 0 Å². The Kier molecular flexibility index (Phi) is 15.5. The van der Waals surface area contributed by atoms with Crippen LogP contribution in [0.15, 0.2) is 59.0 Å². The van der Waals surface area contributed by atoms with Crippen molar-refractivity contribution >= 4 is 29.4 Å². The van der Waals surface area contributed by atoms with Gasteiger partial charge >= 0.3 is 12.4 Å². The summed E-state index contributed by atoms with van der Waals surface area (Å²) in [6, 6.07) is 10.4. The molecule has 1 unspecified atom stereocenters. The lowest BCUT2D eigenvalue weighted by molar-refractivity contribution is -0.137. The second-order valence-corrected chi connectivity index (χ2v) is 11.9. The van der Waals surface area contributed by atoms with Crippen molar-refractivity contribution in [2.24, 2.45) is 0 Å². The van der Waals surface area contributed by atoms with E-state index in [-0.39, 0.29) is 29.4 Å². The molecule has 44 heavy (non-hydrogen) atoms. The van der Waals surface area contributed by atoms with Crippen LogP contribution in [-0.2, 0) is 26.8 Å². The average Bonchev–Trinajstić information content (AvgIpc) is 2.96. The van der Waals surface area contributed by atoms with Crippen LogP contribution in [-0.4, -0.2) is 64.0 Å². The molecule has 0 aliphatic carbocycles. The first-order chi connectivity index (χ1) is 20.4. The summed E-state index contributed by atoms with van der Waals surface area (Å²) in [6.45, 7) is 13.7. The van der Waals surface area contributed by atoms with Crippen molar-refractivity contribution in [1.29, 1.82) is 0 Å². The molecule has 2 aromatic rings. The van der Waals surface area contributed by atoms with E-state index in [4.69, 9.17) is 4.79 Å².